The van der Waals surface area contributed by atoms with E-state index >= 15 is 0 Å². The molecule has 0 aliphatic carbocycles. The molecule has 0 unspecified atom stereocenters. The number of hydrogen-bond donors (Lipinski definition) is 1. The molecule has 8 heteroatoms. The van der Waals surface area contributed by atoms with Crippen LogP contribution in [0.1, 0.15) is 30.8 Å². The second kappa shape index (κ2) is 9.89. The summed E-state index contributed by atoms with van der Waals surface area (Å²) in [6.45, 7) is 8.47. The monoisotopic (exact) mass is 414 g/mol. The number of ether oxygens (including phenoxy) is 1. The number of carbonyl (C=O) groups is 2. The van der Waals surface area contributed by atoms with Gasteiger partial charge < -0.3 is 14.6 Å². The second-order valence-electron chi connectivity index (χ2n) is 6.99. The van der Waals surface area contributed by atoms with Crippen LogP contribution in [0.2, 0.25) is 5.02 Å². The molecule has 7 nitrogen and oxygen atoms in total. The maximum absolute atomic E-state index is 12.2. The molecule has 0 saturated carbocycles. The zero-order chi connectivity index (χ0) is 21.6. The molecule has 1 N–H and O–H groups in total. The standard InChI is InChI=1S/C21H23ClN4O3/c1-13(2)11-26-14(3)7-16(15(26)4)8-17(9-23)21(28)29-12-20(27)25-19-6-5-18(22)10-24-19/h5-8,10,13H,11-12H2,1-4H3,(H,24,25,27)/b17-8+. The number of rotatable bonds is 7. The van der Waals surface area contributed by atoms with Gasteiger partial charge in [0.15, 0.2) is 6.61 Å². The maximum Gasteiger partial charge on any atom is 0.349 e. The lowest BCUT2D eigenvalue weighted by atomic mass is 10.1. The van der Waals surface area contributed by atoms with Gasteiger partial charge in [-0.25, -0.2) is 9.78 Å². The molecular formula is C21H23ClN4O3. The summed E-state index contributed by atoms with van der Waals surface area (Å²) in [6, 6.07) is 6.86. The van der Waals surface area contributed by atoms with Crippen molar-refractivity contribution in [3.8, 4) is 6.07 Å². The highest BCUT2D eigenvalue weighted by Gasteiger charge is 2.16. The van der Waals surface area contributed by atoms with Gasteiger partial charge in [-0.1, -0.05) is 25.4 Å². The van der Waals surface area contributed by atoms with Gasteiger partial charge in [0.05, 0.1) is 5.02 Å². The second-order valence-corrected chi connectivity index (χ2v) is 7.42. The van der Waals surface area contributed by atoms with Crippen LogP contribution in [0.5, 0.6) is 0 Å². The number of aryl methyl sites for hydroxylation is 1. The Labute approximate surface area is 174 Å². The number of anilines is 1. The zero-order valence-corrected chi connectivity index (χ0v) is 17.6. The van der Waals surface area contributed by atoms with E-state index in [4.69, 9.17) is 16.3 Å². The number of nitrogens with zero attached hydrogens (tertiary/aromatic N) is 3. The third-order valence-corrected chi connectivity index (χ3v) is 4.35. The fourth-order valence-electron chi connectivity index (χ4n) is 2.75. The van der Waals surface area contributed by atoms with Gasteiger partial charge >= 0.3 is 5.97 Å². The number of amides is 1. The van der Waals surface area contributed by atoms with Crippen LogP contribution in [0.15, 0.2) is 30.0 Å². The molecule has 2 rings (SSSR count). The van der Waals surface area contributed by atoms with Crippen molar-refractivity contribution in [1.82, 2.24) is 9.55 Å². The first-order valence-corrected chi connectivity index (χ1v) is 9.46. The summed E-state index contributed by atoms with van der Waals surface area (Å²) in [6.07, 6.45) is 2.87. The molecule has 1 amide bonds. The molecular weight excluding hydrogens is 392 g/mol. The summed E-state index contributed by atoms with van der Waals surface area (Å²) in [5, 5.41) is 12.3. The average molecular weight is 415 g/mol. The minimum absolute atomic E-state index is 0.174. The van der Waals surface area contributed by atoms with Crippen molar-refractivity contribution in [3.05, 3.63) is 51.9 Å². The van der Waals surface area contributed by atoms with Crippen LogP contribution < -0.4 is 5.32 Å². The first-order valence-electron chi connectivity index (χ1n) is 9.08. The fraction of sp³-hybridized carbons (Fsp3) is 0.333. The first-order chi connectivity index (χ1) is 13.7. The van der Waals surface area contributed by atoms with Crippen molar-refractivity contribution in [2.24, 2.45) is 5.92 Å². The summed E-state index contributed by atoms with van der Waals surface area (Å²) >= 11 is 5.73. The van der Waals surface area contributed by atoms with Crippen molar-refractivity contribution in [3.63, 3.8) is 0 Å². The summed E-state index contributed by atoms with van der Waals surface area (Å²) in [5.41, 5.74) is 2.60. The van der Waals surface area contributed by atoms with Gasteiger partial charge in [-0.3, -0.25) is 4.79 Å². The van der Waals surface area contributed by atoms with E-state index in [9.17, 15) is 14.9 Å². The minimum Gasteiger partial charge on any atom is -0.451 e. The van der Waals surface area contributed by atoms with E-state index in [1.807, 2.05) is 26.0 Å². The lowest BCUT2D eigenvalue weighted by Gasteiger charge is -2.12. The lowest BCUT2D eigenvalue weighted by Crippen LogP contribution is -2.21. The number of esters is 1. The van der Waals surface area contributed by atoms with Gasteiger partial charge in [0, 0.05) is 24.1 Å². The van der Waals surface area contributed by atoms with Crippen LogP contribution >= 0.6 is 11.6 Å². The Hall–Kier alpha value is -3.11. The van der Waals surface area contributed by atoms with E-state index in [0.717, 1.165) is 23.5 Å². The van der Waals surface area contributed by atoms with Crippen LogP contribution in [0.25, 0.3) is 6.08 Å². The molecule has 2 aromatic heterocycles. The molecule has 0 fully saturated rings. The predicted octanol–water partition coefficient (Wildman–Crippen LogP) is 3.90. The molecule has 0 aliphatic heterocycles. The Bertz CT molecular complexity index is 969. The van der Waals surface area contributed by atoms with Crippen LogP contribution in [0.3, 0.4) is 0 Å². The Kier molecular flexibility index (Phi) is 7.57. The molecule has 0 saturated heterocycles. The van der Waals surface area contributed by atoms with Crippen LogP contribution in [-0.4, -0.2) is 28.0 Å². The topological polar surface area (TPSA) is 97.0 Å². The van der Waals surface area contributed by atoms with Gasteiger partial charge in [0.2, 0.25) is 0 Å². The van der Waals surface area contributed by atoms with Crippen molar-refractivity contribution < 1.29 is 14.3 Å². The van der Waals surface area contributed by atoms with Crippen molar-refractivity contribution in [2.75, 3.05) is 11.9 Å². The summed E-state index contributed by atoms with van der Waals surface area (Å²) in [7, 11) is 0. The molecule has 2 aromatic rings. The van der Waals surface area contributed by atoms with Crippen molar-refractivity contribution in [2.45, 2.75) is 34.2 Å². The third kappa shape index (κ3) is 6.19. The predicted molar refractivity (Wildman–Crippen MR) is 111 cm³/mol. The molecule has 0 atom stereocenters. The highest BCUT2D eigenvalue weighted by Crippen LogP contribution is 2.20. The third-order valence-electron chi connectivity index (χ3n) is 4.13. The van der Waals surface area contributed by atoms with Crippen LogP contribution in [0.4, 0.5) is 5.82 Å². The number of halogens is 1. The minimum atomic E-state index is -0.861. The van der Waals surface area contributed by atoms with E-state index in [2.05, 4.69) is 28.7 Å². The molecule has 29 heavy (non-hydrogen) atoms. The highest BCUT2D eigenvalue weighted by molar-refractivity contribution is 6.30. The van der Waals surface area contributed by atoms with Crippen molar-refractivity contribution >= 4 is 35.4 Å². The van der Waals surface area contributed by atoms with Gasteiger partial charge in [0.25, 0.3) is 5.91 Å². The number of carbonyl (C=O) groups excluding carboxylic acids is 2. The van der Waals surface area contributed by atoms with E-state index in [1.54, 1.807) is 6.07 Å². The number of aromatic nitrogens is 2. The number of nitrogens with one attached hydrogen (secondary N) is 1. The molecule has 0 radical (unpaired) electrons. The Morgan fingerprint density at radius 2 is 2.10 bits per heavy atom. The smallest absolute Gasteiger partial charge is 0.349 e. The average Bonchev–Trinajstić information content (AvgIpc) is 2.93. The summed E-state index contributed by atoms with van der Waals surface area (Å²) in [4.78, 5) is 28.1. The first kappa shape index (κ1) is 22.2. The lowest BCUT2D eigenvalue weighted by molar-refractivity contribution is -0.142. The number of hydrogen-bond acceptors (Lipinski definition) is 5. The number of nitriles is 1. The van der Waals surface area contributed by atoms with Crippen molar-refractivity contribution in [1.29, 1.82) is 5.26 Å². The van der Waals surface area contributed by atoms with E-state index in [0.29, 0.717) is 10.9 Å². The highest BCUT2D eigenvalue weighted by atomic mass is 35.5. The van der Waals surface area contributed by atoms with E-state index in [1.165, 1.54) is 18.3 Å². The Morgan fingerprint density at radius 1 is 1.38 bits per heavy atom. The Balaban J connectivity index is 2.04. The quantitative estimate of drug-likeness (QED) is 0.421. The normalized spacial score (nSPS) is 11.3. The molecule has 0 aliphatic rings. The Morgan fingerprint density at radius 3 is 2.69 bits per heavy atom. The number of pyridine rings is 1. The van der Waals surface area contributed by atoms with E-state index in [-0.39, 0.29) is 11.4 Å². The van der Waals surface area contributed by atoms with E-state index < -0.39 is 18.5 Å². The van der Waals surface area contributed by atoms with Gasteiger partial charge in [0.1, 0.15) is 17.5 Å². The molecule has 0 bridgehead atoms. The fourth-order valence-corrected chi connectivity index (χ4v) is 2.86. The summed E-state index contributed by atoms with van der Waals surface area (Å²) in [5.74, 6) is -0.685. The van der Waals surface area contributed by atoms with Gasteiger partial charge in [-0.2, -0.15) is 5.26 Å². The molecule has 0 spiro atoms. The van der Waals surface area contributed by atoms with Gasteiger partial charge in [-0.15, -0.1) is 0 Å². The molecule has 0 aromatic carbocycles. The molecule has 152 valence electrons. The largest absolute Gasteiger partial charge is 0.451 e. The maximum atomic E-state index is 12.2. The SMILES string of the molecule is Cc1cc(/C=C(\C#N)C(=O)OCC(=O)Nc2ccc(Cl)cn2)c(C)n1CC(C)C. The van der Waals surface area contributed by atoms with Gasteiger partial charge in [-0.05, 0) is 49.6 Å². The summed E-state index contributed by atoms with van der Waals surface area (Å²) < 4.78 is 7.11. The van der Waals surface area contributed by atoms with Crippen LogP contribution in [0, 0.1) is 31.1 Å². The van der Waals surface area contributed by atoms with Crippen LogP contribution in [-0.2, 0) is 20.9 Å². The zero-order valence-electron chi connectivity index (χ0n) is 16.8. The molecule has 2 heterocycles.